The first-order chi connectivity index (χ1) is 7.51. The molecule has 1 rings (SSSR count). The van der Waals surface area contributed by atoms with Crippen LogP contribution in [0.5, 0.6) is 0 Å². The normalized spacial score (nSPS) is 26.6. The maximum atomic E-state index is 5.96. The van der Waals surface area contributed by atoms with Gasteiger partial charge in [-0.15, -0.1) is 0 Å². The molecule has 0 aliphatic carbocycles. The molecular formula is C13H24Br2O. The van der Waals surface area contributed by atoms with Crippen LogP contribution in [0.1, 0.15) is 46.5 Å². The molecule has 3 heteroatoms. The molecule has 0 aromatic heterocycles. The minimum Gasteiger partial charge on any atom is -0.375 e. The molecule has 2 atom stereocenters. The second kappa shape index (κ2) is 6.75. The first-order valence-electron chi connectivity index (χ1n) is 6.29. The summed E-state index contributed by atoms with van der Waals surface area (Å²) in [5.41, 5.74) is 0.364. The lowest BCUT2D eigenvalue weighted by Gasteiger charge is -2.34. The van der Waals surface area contributed by atoms with Gasteiger partial charge in [0.2, 0.25) is 0 Å². The van der Waals surface area contributed by atoms with E-state index in [1.807, 2.05) is 0 Å². The zero-order valence-corrected chi connectivity index (χ0v) is 13.8. The quantitative estimate of drug-likeness (QED) is 0.624. The van der Waals surface area contributed by atoms with E-state index in [0.717, 1.165) is 16.6 Å². The lowest BCUT2D eigenvalue weighted by Crippen LogP contribution is -2.31. The fraction of sp³-hybridized carbons (Fsp3) is 1.00. The monoisotopic (exact) mass is 354 g/mol. The molecule has 0 radical (unpaired) electrons. The van der Waals surface area contributed by atoms with Crippen molar-refractivity contribution in [3.63, 3.8) is 0 Å². The van der Waals surface area contributed by atoms with Crippen molar-refractivity contribution in [2.75, 3.05) is 10.7 Å². The van der Waals surface area contributed by atoms with Gasteiger partial charge in [0.1, 0.15) is 0 Å². The minimum absolute atomic E-state index is 0.364. The van der Waals surface area contributed by atoms with Crippen LogP contribution >= 0.6 is 31.9 Å². The summed E-state index contributed by atoms with van der Waals surface area (Å²) in [5.74, 6) is 0.744. The summed E-state index contributed by atoms with van der Waals surface area (Å²) in [6.45, 7) is 6.79. The molecule has 1 fully saturated rings. The summed E-state index contributed by atoms with van der Waals surface area (Å²) < 4.78 is 5.96. The summed E-state index contributed by atoms with van der Waals surface area (Å²) in [7, 11) is 0. The molecular weight excluding hydrogens is 332 g/mol. The number of hydrogen-bond acceptors (Lipinski definition) is 1. The van der Waals surface area contributed by atoms with Gasteiger partial charge in [0.25, 0.3) is 0 Å². The lowest BCUT2D eigenvalue weighted by molar-refractivity contribution is 0.0270. The highest BCUT2D eigenvalue weighted by Crippen LogP contribution is 2.39. The molecule has 0 amide bonds. The Labute approximate surface area is 117 Å². The summed E-state index contributed by atoms with van der Waals surface area (Å²) in [6.07, 6.45) is 5.86. The number of hydrogen-bond donors (Lipinski definition) is 0. The van der Waals surface area contributed by atoms with Gasteiger partial charge in [0, 0.05) is 10.7 Å². The first kappa shape index (κ1) is 15.0. The van der Waals surface area contributed by atoms with E-state index in [1.54, 1.807) is 0 Å². The highest BCUT2D eigenvalue weighted by atomic mass is 79.9. The van der Waals surface area contributed by atoms with Crippen LogP contribution in [0.4, 0.5) is 0 Å². The van der Waals surface area contributed by atoms with Crippen LogP contribution in [0.3, 0.4) is 0 Å². The van der Waals surface area contributed by atoms with Crippen molar-refractivity contribution >= 4 is 31.9 Å². The Bertz CT molecular complexity index is 202. The zero-order chi connectivity index (χ0) is 12.2. The van der Waals surface area contributed by atoms with E-state index in [9.17, 15) is 0 Å². The standard InChI is InChI=1S/C13H24Br2O/c1-10(2)6-13(8-14,9-15)7-12-5-4-11(3)16-12/h10-12H,4-9H2,1-3H3. The Kier molecular flexibility index (Phi) is 6.32. The fourth-order valence-electron chi connectivity index (χ4n) is 2.72. The van der Waals surface area contributed by atoms with Gasteiger partial charge >= 0.3 is 0 Å². The van der Waals surface area contributed by atoms with Crippen LogP contribution in [0.15, 0.2) is 0 Å². The molecule has 0 N–H and O–H groups in total. The SMILES string of the molecule is CC(C)CC(CBr)(CBr)CC1CCC(C)O1. The Hall–Kier alpha value is 0.920. The smallest absolute Gasteiger partial charge is 0.0585 e. The molecule has 0 bridgehead atoms. The predicted octanol–water partition coefficient (Wildman–Crippen LogP) is 4.77. The molecule has 1 saturated heterocycles. The third kappa shape index (κ3) is 4.30. The van der Waals surface area contributed by atoms with Crippen molar-refractivity contribution in [1.82, 2.24) is 0 Å². The molecule has 1 heterocycles. The zero-order valence-electron chi connectivity index (χ0n) is 10.6. The topological polar surface area (TPSA) is 9.23 Å². The van der Waals surface area contributed by atoms with Crippen LogP contribution in [-0.4, -0.2) is 22.9 Å². The Balaban J connectivity index is 2.55. The van der Waals surface area contributed by atoms with E-state index >= 15 is 0 Å². The summed E-state index contributed by atoms with van der Waals surface area (Å²) in [4.78, 5) is 0. The van der Waals surface area contributed by atoms with Crippen molar-refractivity contribution in [3.05, 3.63) is 0 Å². The second-order valence-electron chi connectivity index (χ2n) is 5.72. The van der Waals surface area contributed by atoms with Crippen molar-refractivity contribution in [2.24, 2.45) is 11.3 Å². The van der Waals surface area contributed by atoms with Crippen LogP contribution in [-0.2, 0) is 4.74 Å². The molecule has 0 saturated carbocycles. The summed E-state index contributed by atoms with van der Waals surface area (Å²) in [6, 6.07) is 0. The third-order valence-electron chi connectivity index (χ3n) is 3.39. The molecule has 1 aliphatic rings. The molecule has 2 unspecified atom stereocenters. The minimum atomic E-state index is 0.364. The van der Waals surface area contributed by atoms with E-state index < -0.39 is 0 Å². The molecule has 0 spiro atoms. The first-order valence-corrected chi connectivity index (χ1v) is 8.53. The molecule has 1 aliphatic heterocycles. The van der Waals surface area contributed by atoms with Crippen molar-refractivity contribution in [2.45, 2.75) is 58.7 Å². The van der Waals surface area contributed by atoms with Gasteiger partial charge in [0.15, 0.2) is 0 Å². The van der Waals surface area contributed by atoms with Crippen molar-refractivity contribution in [1.29, 1.82) is 0 Å². The van der Waals surface area contributed by atoms with E-state index in [1.165, 1.54) is 25.7 Å². The maximum Gasteiger partial charge on any atom is 0.0585 e. The van der Waals surface area contributed by atoms with Crippen LogP contribution in [0, 0.1) is 11.3 Å². The van der Waals surface area contributed by atoms with Crippen molar-refractivity contribution in [3.8, 4) is 0 Å². The lowest BCUT2D eigenvalue weighted by atomic mass is 9.79. The third-order valence-corrected chi connectivity index (χ3v) is 5.77. The number of alkyl halides is 2. The molecule has 96 valence electrons. The van der Waals surface area contributed by atoms with Gasteiger partial charge in [-0.1, -0.05) is 45.7 Å². The Morgan fingerprint density at radius 2 is 1.88 bits per heavy atom. The number of rotatable bonds is 6. The largest absolute Gasteiger partial charge is 0.375 e. The van der Waals surface area contributed by atoms with E-state index in [2.05, 4.69) is 52.6 Å². The second-order valence-corrected chi connectivity index (χ2v) is 6.84. The molecule has 16 heavy (non-hydrogen) atoms. The number of ether oxygens (including phenoxy) is 1. The fourth-order valence-corrected chi connectivity index (χ4v) is 4.57. The van der Waals surface area contributed by atoms with Gasteiger partial charge in [-0.3, -0.25) is 0 Å². The van der Waals surface area contributed by atoms with Gasteiger partial charge in [-0.25, -0.2) is 0 Å². The van der Waals surface area contributed by atoms with Gasteiger partial charge in [-0.2, -0.15) is 0 Å². The van der Waals surface area contributed by atoms with Crippen molar-refractivity contribution < 1.29 is 4.74 Å². The highest BCUT2D eigenvalue weighted by molar-refractivity contribution is 9.09. The average molecular weight is 356 g/mol. The van der Waals surface area contributed by atoms with Gasteiger partial charge < -0.3 is 4.74 Å². The molecule has 0 aromatic carbocycles. The van der Waals surface area contributed by atoms with E-state index in [4.69, 9.17) is 4.74 Å². The highest BCUT2D eigenvalue weighted by Gasteiger charge is 2.34. The van der Waals surface area contributed by atoms with Crippen LogP contribution in [0.25, 0.3) is 0 Å². The van der Waals surface area contributed by atoms with E-state index in [-0.39, 0.29) is 0 Å². The van der Waals surface area contributed by atoms with Crippen LogP contribution in [0.2, 0.25) is 0 Å². The maximum absolute atomic E-state index is 5.96. The van der Waals surface area contributed by atoms with Gasteiger partial charge in [-0.05, 0) is 43.9 Å². The van der Waals surface area contributed by atoms with Gasteiger partial charge in [0.05, 0.1) is 12.2 Å². The molecule has 1 nitrogen and oxygen atoms in total. The predicted molar refractivity (Wildman–Crippen MR) is 77.7 cm³/mol. The summed E-state index contributed by atoms with van der Waals surface area (Å²) in [5, 5.41) is 2.13. The Morgan fingerprint density at radius 1 is 1.25 bits per heavy atom. The summed E-state index contributed by atoms with van der Waals surface area (Å²) >= 11 is 7.40. The number of halogens is 2. The van der Waals surface area contributed by atoms with Crippen LogP contribution < -0.4 is 0 Å². The van der Waals surface area contributed by atoms with E-state index in [0.29, 0.717) is 17.6 Å². The average Bonchev–Trinajstić information content (AvgIpc) is 2.62. The Morgan fingerprint density at radius 3 is 2.25 bits per heavy atom. The molecule has 0 aromatic rings.